The van der Waals surface area contributed by atoms with Crippen molar-refractivity contribution in [1.29, 1.82) is 0 Å². The van der Waals surface area contributed by atoms with Gasteiger partial charge in [0.25, 0.3) is 0 Å². The lowest BCUT2D eigenvalue weighted by Crippen LogP contribution is -2.41. The summed E-state index contributed by atoms with van der Waals surface area (Å²) in [4.78, 5) is 0. The van der Waals surface area contributed by atoms with Crippen LogP contribution in [0.4, 0.5) is 0 Å². The molecule has 0 aromatic heterocycles. The third-order valence-electron chi connectivity index (χ3n) is 3.76. The van der Waals surface area contributed by atoms with Gasteiger partial charge in [0.05, 0.1) is 13.2 Å². The van der Waals surface area contributed by atoms with Crippen molar-refractivity contribution in [3.63, 3.8) is 0 Å². The van der Waals surface area contributed by atoms with Gasteiger partial charge in [-0.25, -0.2) is 0 Å². The predicted molar refractivity (Wildman–Crippen MR) is 72.5 cm³/mol. The molecule has 3 unspecified atom stereocenters. The second-order valence-corrected chi connectivity index (χ2v) is 6.66. The van der Waals surface area contributed by atoms with Crippen molar-refractivity contribution in [3.8, 4) is 11.5 Å². The number of aliphatic hydroxyl groups excluding tert-OH is 1. The van der Waals surface area contributed by atoms with E-state index in [-0.39, 0.29) is 5.60 Å². The van der Waals surface area contributed by atoms with Crippen molar-refractivity contribution in [2.45, 2.75) is 36.7 Å². The van der Waals surface area contributed by atoms with E-state index < -0.39 is 6.10 Å². The smallest absolute Gasteiger partial charge is 0.129 e. The SMILES string of the molecule is COc1ccc2c(c1)OC1(CSC(C)C1)CC2O. The molecule has 0 aliphatic carbocycles. The van der Waals surface area contributed by atoms with Crippen LogP contribution < -0.4 is 9.47 Å². The number of ether oxygens (including phenoxy) is 2. The topological polar surface area (TPSA) is 38.7 Å². The minimum atomic E-state index is -0.425. The zero-order valence-electron chi connectivity index (χ0n) is 10.7. The molecule has 0 amide bonds. The summed E-state index contributed by atoms with van der Waals surface area (Å²) in [5, 5.41) is 10.9. The molecule has 2 aliphatic heterocycles. The van der Waals surface area contributed by atoms with E-state index >= 15 is 0 Å². The van der Waals surface area contributed by atoms with Gasteiger partial charge in [-0.05, 0) is 18.6 Å². The van der Waals surface area contributed by atoms with Gasteiger partial charge >= 0.3 is 0 Å². The zero-order chi connectivity index (χ0) is 12.8. The lowest BCUT2D eigenvalue weighted by Gasteiger charge is -2.38. The number of hydrogen-bond donors (Lipinski definition) is 1. The Morgan fingerprint density at radius 2 is 2.28 bits per heavy atom. The standard InChI is InChI=1S/C14H18O3S/c1-9-6-14(8-18-9)7-12(15)11-4-3-10(16-2)5-13(11)17-14/h3-5,9,12,15H,6-8H2,1-2H3. The zero-order valence-corrected chi connectivity index (χ0v) is 11.5. The van der Waals surface area contributed by atoms with E-state index in [1.54, 1.807) is 7.11 Å². The summed E-state index contributed by atoms with van der Waals surface area (Å²) >= 11 is 1.92. The Balaban J connectivity index is 1.95. The first-order valence-corrected chi connectivity index (χ1v) is 7.33. The summed E-state index contributed by atoms with van der Waals surface area (Å²) in [6.07, 6.45) is 1.28. The quantitative estimate of drug-likeness (QED) is 0.848. The minimum absolute atomic E-state index is 0.192. The summed E-state index contributed by atoms with van der Waals surface area (Å²) < 4.78 is 11.4. The van der Waals surface area contributed by atoms with Crippen LogP contribution in [0, 0.1) is 0 Å². The largest absolute Gasteiger partial charge is 0.497 e. The van der Waals surface area contributed by atoms with Crippen molar-refractivity contribution in [2.24, 2.45) is 0 Å². The molecule has 2 heterocycles. The van der Waals surface area contributed by atoms with Gasteiger partial charge in [-0.1, -0.05) is 6.92 Å². The van der Waals surface area contributed by atoms with Gasteiger partial charge in [0.2, 0.25) is 0 Å². The molecule has 3 rings (SSSR count). The van der Waals surface area contributed by atoms with E-state index in [4.69, 9.17) is 9.47 Å². The predicted octanol–water partition coefficient (Wildman–Crippen LogP) is 2.78. The van der Waals surface area contributed by atoms with Gasteiger partial charge in [-0.3, -0.25) is 0 Å². The molecule has 2 aliphatic rings. The Kier molecular flexibility index (Phi) is 2.94. The molecule has 18 heavy (non-hydrogen) atoms. The molecular formula is C14H18O3S. The van der Waals surface area contributed by atoms with Gasteiger partial charge in [0.15, 0.2) is 0 Å². The van der Waals surface area contributed by atoms with E-state index in [0.717, 1.165) is 29.2 Å². The first kappa shape index (κ1) is 12.2. The van der Waals surface area contributed by atoms with E-state index in [1.165, 1.54) is 0 Å². The monoisotopic (exact) mass is 266 g/mol. The van der Waals surface area contributed by atoms with Gasteiger partial charge in [-0.2, -0.15) is 11.8 Å². The van der Waals surface area contributed by atoms with Crippen LogP contribution in [0.25, 0.3) is 0 Å². The number of fused-ring (bicyclic) bond motifs is 1. The van der Waals surface area contributed by atoms with Crippen LogP contribution in [0.3, 0.4) is 0 Å². The first-order valence-electron chi connectivity index (χ1n) is 6.28. The highest BCUT2D eigenvalue weighted by Crippen LogP contribution is 2.48. The molecule has 4 heteroatoms. The molecule has 1 aromatic rings. The number of rotatable bonds is 1. The summed E-state index contributed by atoms with van der Waals surface area (Å²) in [6, 6.07) is 5.65. The molecule has 3 nitrogen and oxygen atoms in total. The van der Waals surface area contributed by atoms with Crippen LogP contribution in [0.15, 0.2) is 18.2 Å². The molecule has 1 aromatic carbocycles. The van der Waals surface area contributed by atoms with Crippen LogP contribution in [-0.4, -0.2) is 28.8 Å². The maximum Gasteiger partial charge on any atom is 0.129 e. The van der Waals surface area contributed by atoms with Crippen LogP contribution in [0.5, 0.6) is 11.5 Å². The maximum absolute atomic E-state index is 10.3. The van der Waals surface area contributed by atoms with Gasteiger partial charge in [0, 0.05) is 29.1 Å². The average Bonchev–Trinajstić information content (AvgIpc) is 2.69. The lowest BCUT2D eigenvalue weighted by molar-refractivity contribution is 0.00134. The number of benzene rings is 1. The maximum atomic E-state index is 10.3. The normalized spacial score (nSPS) is 34.2. The fourth-order valence-corrected chi connectivity index (χ4v) is 4.20. The molecule has 1 N–H and O–H groups in total. The van der Waals surface area contributed by atoms with Crippen LogP contribution >= 0.6 is 11.8 Å². The summed E-state index contributed by atoms with van der Waals surface area (Å²) in [5.74, 6) is 2.52. The van der Waals surface area contributed by atoms with E-state index in [1.807, 2.05) is 30.0 Å². The van der Waals surface area contributed by atoms with Crippen LogP contribution in [0.2, 0.25) is 0 Å². The van der Waals surface area contributed by atoms with Crippen LogP contribution in [-0.2, 0) is 0 Å². The minimum Gasteiger partial charge on any atom is -0.497 e. The van der Waals surface area contributed by atoms with Crippen molar-refractivity contribution in [1.82, 2.24) is 0 Å². The first-order chi connectivity index (χ1) is 8.62. The van der Waals surface area contributed by atoms with Crippen LogP contribution in [0.1, 0.15) is 31.4 Å². The van der Waals surface area contributed by atoms with E-state index in [9.17, 15) is 5.11 Å². The lowest BCUT2D eigenvalue weighted by atomic mass is 9.87. The Labute approximate surface area is 111 Å². The summed E-state index contributed by atoms with van der Waals surface area (Å²) in [5.41, 5.74) is 0.689. The van der Waals surface area contributed by atoms with Crippen molar-refractivity contribution in [3.05, 3.63) is 23.8 Å². The Morgan fingerprint density at radius 3 is 2.94 bits per heavy atom. The molecule has 0 saturated carbocycles. The molecule has 1 fully saturated rings. The Bertz CT molecular complexity index is 462. The highest BCUT2D eigenvalue weighted by Gasteiger charge is 2.45. The Morgan fingerprint density at radius 1 is 1.44 bits per heavy atom. The second-order valence-electron chi connectivity index (χ2n) is 5.23. The fourth-order valence-electron chi connectivity index (χ4n) is 2.89. The highest BCUT2D eigenvalue weighted by atomic mass is 32.2. The summed E-state index contributed by atoms with van der Waals surface area (Å²) in [7, 11) is 1.64. The van der Waals surface area contributed by atoms with Crippen molar-refractivity contribution < 1.29 is 14.6 Å². The molecule has 3 atom stereocenters. The van der Waals surface area contributed by atoms with Gasteiger partial charge in [0.1, 0.15) is 17.1 Å². The molecule has 0 radical (unpaired) electrons. The second kappa shape index (κ2) is 4.35. The Hall–Kier alpha value is -0.870. The molecule has 1 spiro atoms. The number of thioether (sulfide) groups is 1. The third-order valence-corrected chi connectivity index (χ3v) is 5.19. The number of methoxy groups -OCH3 is 1. The molecule has 98 valence electrons. The van der Waals surface area contributed by atoms with Crippen molar-refractivity contribution in [2.75, 3.05) is 12.9 Å². The number of hydrogen-bond acceptors (Lipinski definition) is 4. The average molecular weight is 266 g/mol. The highest BCUT2D eigenvalue weighted by molar-refractivity contribution is 8.00. The molecule has 1 saturated heterocycles. The number of aliphatic hydroxyl groups is 1. The van der Waals surface area contributed by atoms with E-state index in [0.29, 0.717) is 11.7 Å². The summed E-state index contributed by atoms with van der Waals surface area (Å²) in [6.45, 7) is 2.22. The van der Waals surface area contributed by atoms with Gasteiger partial charge < -0.3 is 14.6 Å². The van der Waals surface area contributed by atoms with Gasteiger partial charge in [-0.15, -0.1) is 0 Å². The third kappa shape index (κ3) is 1.97. The molecule has 0 bridgehead atoms. The fraction of sp³-hybridized carbons (Fsp3) is 0.571. The molecular weight excluding hydrogens is 248 g/mol. The van der Waals surface area contributed by atoms with Crippen molar-refractivity contribution >= 4 is 11.8 Å². The van der Waals surface area contributed by atoms with E-state index in [2.05, 4.69) is 6.92 Å².